The number of thiazole rings is 1. The number of hydrogen-bond acceptors (Lipinski definition) is 9. The van der Waals surface area contributed by atoms with Gasteiger partial charge in [0.05, 0.1) is 6.04 Å². The van der Waals surface area contributed by atoms with Crippen LogP contribution in [0.15, 0.2) is 168 Å². The number of nitrogens with one attached hydrogen (secondary N) is 1. The first-order valence-electron chi connectivity index (χ1n) is 18.4. The second-order valence-corrected chi connectivity index (χ2v) is 15.7. The number of hydrogen-bond donors (Lipinski definition) is 2. The molecule has 0 saturated carbocycles. The number of fused-ring (bicyclic) bond motifs is 1. The molecule has 1 aromatic heterocycles. The van der Waals surface area contributed by atoms with E-state index in [4.69, 9.17) is 38.5 Å². The average molecular weight is 829 g/mol. The number of aromatic nitrogens is 1. The topological polar surface area (TPSA) is 136 Å². The molecule has 0 aliphatic carbocycles. The fourth-order valence-electron chi connectivity index (χ4n) is 7.41. The van der Waals surface area contributed by atoms with Crippen LogP contribution >= 0.6 is 34.5 Å². The summed E-state index contributed by atoms with van der Waals surface area (Å²) in [6.07, 6.45) is -0.108. The molecule has 2 aliphatic rings. The van der Waals surface area contributed by atoms with Crippen molar-refractivity contribution in [3.05, 3.63) is 200 Å². The van der Waals surface area contributed by atoms with Gasteiger partial charge in [-0.05, 0) is 24.0 Å². The summed E-state index contributed by atoms with van der Waals surface area (Å²) in [5.74, 6) is -2.09. The van der Waals surface area contributed by atoms with Gasteiger partial charge in [0.2, 0.25) is 5.60 Å². The van der Waals surface area contributed by atoms with Crippen LogP contribution in [0.2, 0.25) is 4.34 Å². The molecule has 3 heterocycles. The van der Waals surface area contributed by atoms with Gasteiger partial charge in [-0.3, -0.25) is 14.5 Å². The number of ether oxygens (including phenoxy) is 1. The quantitative estimate of drug-likeness (QED) is 0.0416. The van der Waals surface area contributed by atoms with Crippen LogP contribution in [-0.4, -0.2) is 45.5 Å². The SMILES string of the molecule is Nc1nc(/C(=N\OC(c2ccccc2)(c2ccccc2)c2ccccc2)C(=O)NC2C(=O)N3C(C(=O)OC(c4ccccc4)c4ccccc4)=C(Cl)CCC23)c(Cl)s1. The second kappa shape index (κ2) is 16.7. The molecule has 1 saturated heterocycles. The lowest BCUT2D eigenvalue weighted by Crippen LogP contribution is -2.72. The maximum atomic E-state index is 14.4. The number of rotatable bonds is 12. The number of carbonyl (C=O) groups is 3. The van der Waals surface area contributed by atoms with E-state index in [1.54, 1.807) is 0 Å². The summed E-state index contributed by atoms with van der Waals surface area (Å²) in [6, 6.07) is 45.5. The van der Waals surface area contributed by atoms with E-state index >= 15 is 0 Å². The van der Waals surface area contributed by atoms with E-state index in [2.05, 4.69) is 15.5 Å². The Kier molecular flexibility index (Phi) is 11.1. The van der Waals surface area contributed by atoms with Crippen molar-refractivity contribution in [1.82, 2.24) is 15.2 Å². The minimum atomic E-state index is -1.34. The Hall–Kier alpha value is -6.27. The minimum absolute atomic E-state index is 0.0166. The van der Waals surface area contributed by atoms with Crippen molar-refractivity contribution < 1.29 is 24.0 Å². The summed E-state index contributed by atoms with van der Waals surface area (Å²) in [5, 5.41) is 7.66. The second-order valence-electron chi connectivity index (χ2n) is 13.6. The number of halogens is 2. The Bertz CT molecular complexity index is 2370. The molecular weight excluding hydrogens is 793 g/mol. The van der Waals surface area contributed by atoms with E-state index in [0.29, 0.717) is 6.42 Å². The molecule has 0 radical (unpaired) electrons. The molecule has 8 rings (SSSR count). The van der Waals surface area contributed by atoms with Crippen molar-refractivity contribution in [2.75, 3.05) is 5.73 Å². The van der Waals surface area contributed by atoms with Crippen LogP contribution in [0.1, 0.15) is 52.5 Å². The van der Waals surface area contributed by atoms with Crippen molar-refractivity contribution in [2.24, 2.45) is 5.16 Å². The van der Waals surface area contributed by atoms with Crippen LogP contribution in [0, 0.1) is 0 Å². The zero-order valence-electron chi connectivity index (χ0n) is 30.7. The van der Waals surface area contributed by atoms with Gasteiger partial charge in [-0.15, -0.1) is 0 Å². The third kappa shape index (κ3) is 7.35. The Morgan fingerprint density at radius 3 is 1.74 bits per heavy atom. The van der Waals surface area contributed by atoms with Gasteiger partial charge in [-0.2, -0.15) is 0 Å². The van der Waals surface area contributed by atoms with Crippen LogP contribution in [0.4, 0.5) is 5.13 Å². The number of amides is 2. The smallest absolute Gasteiger partial charge is 0.357 e. The Morgan fingerprint density at radius 1 is 0.793 bits per heavy atom. The highest BCUT2D eigenvalue weighted by Gasteiger charge is 2.54. The lowest BCUT2D eigenvalue weighted by molar-refractivity contribution is -0.158. The highest BCUT2D eigenvalue weighted by molar-refractivity contribution is 7.19. The van der Waals surface area contributed by atoms with Crippen molar-refractivity contribution in [2.45, 2.75) is 36.6 Å². The Labute approximate surface area is 348 Å². The third-order valence-corrected chi connectivity index (χ3v) is 11.6. The molecule has 1 fully saturated rings. The molecule has 13 heteroatoms. The zero-order valence-corrected chi connectivity index (χ0v) is 33.0. The van der Waals surface area contributed by atoms with Crippen LogP contribution in [-0.2, 0) is 29.6 Å². The fourth-order valence-corrected chi connectivity index (χ4v) is 8.62. The van der Waals surface area contributed by atoms with Crippen molar-refractivity contribution in [1.29, 1.82) is 0 Å². The maximum Gasteiger partial charge on any atom is 0.357 e. The van der Waals surface area contributed by atoms with E-state index in [-0.39, 0.29) is 38.0 Å². The molecular formula is C45H35Cl2N5O5S. The number of nitrogens with two attached hydrogens (primary N) is 1. The maximum absolute atomic E-state index is 14.4. The van der Waals surface area contributed by atoms with Gasteiger partial charge >= 0.3 is 5.97 Å². The summed E-state index contributed by atoms with van der Waals surface area (Å²) in [5.41, 5.74) is 8.04. The lowest BCUT2D eigenvalue weighted by Gasteiger charge is -2.49. The number of allylic oxidation sites excluding steroid dienone is 1. The first-order valence-corrected chi connectivity index (χ1v) is 20.0. The van der Waals surface area contributed by atoms with Crippen LogP contribution in [0.5, 0.6) is 0 Å². The molecule has 3 N–H and O–H groups in total. The van der Waals surface area contributed by atoms with Crippen molar-refractivity contribution in [3.63, 3.8) is 0 Å². The fraction of sp³-hybridized carbons (Fsp3) is 0.133. The number of anilines is 1. The van der Waals surface area contributed by atoms with Gasteiger partial charge in [-0.25, -0.2) is 9.78 Å². The van der Waals surface area contributed by atoms with Crippen molar-refractivity contribution in [3.8, 4) is 0 Å². The van der Waals surface area contributed by atoms with E-state index < -0.39 is 41.6 Å². The van der Waals surface area contributed by atoms with E-state index in [1.807, 2.05) is 152 Å². The van der Waals surface area contributed by atoms with Crippen LogP contribution in [0.3, 0.4) is 0 Å². The number of β-lactam (4-membered cyclic amide) rings is 1. The lowest BCUT2D eigenvalue weighted by atomic mass is 9.80. The largest absolute Gasteiger partial charge is 0.448 e. The first-order chi connectivity index (χ1) is 28.3. The molecule has 58 heavy (non-hydrogen) atoms. The molecule has 0 spiro atoms. The van der Waals surface area contributed by atoms with E-state index in [9.17, 15) is 14.4 Å². The number of oxime groups is 1. The molecule has 2 atom stereocenters. The molecule has 290 valence electrons. The van der Waals surface area contributed by atoms with Crippen LogP contribution in [0.25, 0.3) is 0 Å². The number of nitrogen functional groups attached to an aromatic ring is 1. The Morgan fingerprint density at radius 2 is 1.28 bits per heavy atom. The summed E-state index contributed by atoms with van der Waals surface area (Å²) in [7, 11) is 0. The van der Waals surface area contributed by atoms with E-state index in [0.717, 1.165) is 39.2 Å². The van der Waals surface area contributed by atoms with E-state index in [1.165, 1.54) is 4.90 Å². The van der Waals surface area contributed by atoms with Crippen molar-refractivity contribution >= 4 is 63.2 Å². The predicted octanol–water partition coefficient (Wildman–Crippen LogP) is 8.36. The summed E-state index contributed by atoms with van der Waals surface area (Å²) in [4.78, 5) is 54.7. The van der Waals surface area contributed by atoms with Gasteiger partial charge in [0.1, 0.15) is 21.8 Å². The average Bonchev–Trinajstić information content (AvgIpc) is 3.61. The molecule has 10 nitrogen and oxygen atoms in total. The van der Waals surface area contributed by atoms with Gasteiger partial charge in [0.15, 0.2) is 16.9 Å². The third-order valence-electron chi connectivity index (χ3n) is 10.1. The number of esters is 1. The number of nitrogens with zero attached hydrogens (tertiary/aromatic N) is 3. The molecule has 5 aromatic carbocycles. The number of carbonyl (C=O) groups excluding carboxylic acids is 3. The number of benzene rings is 5. The van der Waals surface area contributed by atoms with Gasteiger partial charge in [0, 0.05) is 21.7 Å². The molecule has 6 aromatic rings. The zero-order chi connectivity index (χ0) is 40.2. The van der Waals surface area contributed by atoms with Gasteiger partial charge in [-0.1, -0.05) is 191 Å². The monoisotopic (exact) mass is 827 g/mol. The highest BCUT2D eigenvalue weighted by Crippen LogP contribution is 2.42. The molecule has 2 amide bonds. The molecule has 2 unspecified atom stereocenters. The molecule has 0 bridgehead atoms. The highest BCUT2D eigenvalue weighted by atomic mass is 35.5. The minimum Gasteiger partial charge on any atom is -0.448 e. The van der Waals surface area contributed by atoms with Crippen LogP contribution < -0.4 is 11.1 Å². The normalized spacial score (nSPS) is 16.7. The summed E-state index contributed by atoms with van der Waals surface area (Å²) >= 11 is 14.3. The summed E-state index contributed by atoms with van der Waals surface area (Å²) < 4.78 is 6.20. The predicted molar refractivity (Wildman–Crippen MR) is 224 cm³/mol. The Balaban J connectivity index is 1.11. The van der Waals surface area contributed by atoms with Gasteiger partial charge < -0.3 is 20.6 Å². The summed E-state index contributed by atoms with van der Waals surface area (Å²) in [6.45, 7) is 0. The van der Waals surface area contributed by atoms with Gasteiger partial charge in [0.25, 0.3) is 11.8 Å². The standard InChI is InChI=1S/C45H35Cl2N5O5S/c46-33-26-27-34-35(42(54)52(34)38(33)43(55)56-39(28-16-6-1-7-17-28)29-18-8-2-9-19-29)49-41(53)37(36-40(47)58-44(48)50-36)51-57-45(30-20-10-3-11-21-30,31-22-12-4-13-23-31)32-24-14-5-15-25-32/h1-25,34-35,39H,26-27H2,(H2,48,50)(H,49,53)/b51-37+. The first kappa shape index (κ1) is 38.6. The molecule has 2 aliphatic heterocycles.